The van der Waals surface area contributed by atoms with Crippen molar-refractivity contribution in [3.63, 3.8) is 0 Å². The molecule has 98 valence electrons. The van der Waals surface area contributed by atoms with Crippen LogP contribution in [0.2, 0.25) is 0 Å². The second kappa shape index (κ2) is 5.40. The van der Waals surface area contributed by atoms with Crippen LogP contribution in [0.15, 0.2) is 30.3 Å². The zero-order chi connectivity index (χ0) is 13.0. The Labute approximate surface area is 107 Å². The van der Waals surface area contributed by atoms with E-state index >= 15 is 0 Å². The number of hydrogen-bond acceptors (Lipinski definition) is 3. The molecule has 0 aliphatic carbocycles. The van der Waals surface area contributed by atoms with E-state index in [0.29, 0.717) is 19.4 Å². The van der Waals surface area contributed by atoms with E-state index in [1.54, 1.807) is 0 Å². The highest BCUT2D eigenvalue weighted by molar-refractivity contribution is 5.78. The molecule has 0 atom stereocenters. The molecule has 4 nitrogen and oxygen atoms in total. The van der Waals surface area contributed by atoms with Gasteiger partial charge in [0.2, 0.25) is 0 Å². The van der Waals surface area contributed by atoms with E-state index in [2.05, 4.69) is 17.0 Å². The molecule has 2 rings (SSSR count). The summed E-state index contributed by atoms with van der Waals surface area (Å²) in [5, 5.41) is 9.33. The number of piperidine rings is 1. The number of aliphatic carboxylic acids is 1. The van der Waals surface area contributed by atoms with Crippen LogP contribution in [-0.2, 0) is 9.53 Å². The zero-order valence-electron chi connectivity index (χ0n) is 10.6. The summed E-state index contributed by atoms with van der Waals surface area (Å²) >= 11 is 0. The first-order chi connectivity index (χ1) is 8.68. The van der Waals surface area contributed by atoms with Crippen LogP contribution in [0.25, 0.3) is 0 Å². The number of carboxylic acid groups (broad SMARTS) is 1. The largest absolute Gasteiger partial charge is 0.479 e. The number of rotatable bonds is 4. The number of para-hydroxylation sites is 1. The van der Waals surface area contributed by atoms with Gasteiger partial charge in [0.05, 0.1) is 0 Å². The molecule has 0 unspecified atom stereocenters. The van der Waals surface area contributed by atoms with Crippen LogP contribution in [0.3, 0.4) is 0 Å². The van der Waals surface area contributed by atoms with Gasteiger partial charge in [-0.25, -0.2) is 4.79 Å². The third-order valence-corrected chi connectivity index (χ3v) is 3.50. The maximum Gasteiger partial charge on any atom is 0.336 e. The first kappa shape index (κ1) is 12.9. The van der Waals surface area contributed by atoms with Crippen molar-refractivity contribution in [2.75, 3.05) is 24.6 Å². The fourth-order valence-electron chi connectivity index (χ4n) is 2.46. The fraction of sp³-hybridized carbons (Fsp3) is 0.500. The summed E-state index contributed by atoms with van der Waals surface area (Å²) in [5.74, 6) is -0.836. The van der Waals surface area contributed by atoms with Gasteiger partial charge in [0.1, 0.15) is 0 Å². The summed E-state index contributed by atoms with van der Waals surface area (Å²) in [5.41, 5.74) is 0.160. The number of hydrogen-bond donors (Lipinski definition) is 1. The summed E-state index contributed by atoms with van der Waals surface area (Å²) < 4.78 is 5.49. The number of ether oxygens (including phenoxy) is 1. The summed E-state index contributed by atoms with van der Waals surface area (Å²) in [6.07, 6.45) is 1.07. The number of benzene rings is 1. The standard InChI is InChI=1S/C14H19NO3/c1-2-18-14(13(16)17)8-10-15(11-9-14)12-6-4-3-5-7-12/h3-7H,2,8-11H2,1H3,(H,16,17). The highest BCUT2D eigenvalue weighted by Crippen LogP contribution is 2.29. The second-order valence-corrected chi connectivity index (χ2v) is 4.56. The molecule has 0 amide bonds. The Morgan fingerprint density at radius 1 is 1.33 bits per heavy atom. The molecule has 0 radical (unpaired) electrons. The fourth-order valence-corrected chi connectivity index (χ4v) is 2.46. The van der Waals surface area contributed by atoms with Gasteiger partial charge in [-0.2, -0.15) is 0 Å². The molecular weight excluding hydrogens is 230 g/mol. The van der Waals surface area contributed by atoms with Gasteiger partial charge >= 0.3 is 5.97 Å². The molecule has 1 aliphatic heterocycles. The van der Waals surface area contributed by atoms with E-state index in [4.69, 9.17) is 4.74 Å². The first-order valence-corrected chi connectivity index (χ1v) is 6.35. The van der Waals surface area contributed by atoms with Crippen molar-refractivity contribution in [3.8, 4) is 0 Å². The summed E-state index contributed by atoms with van der Waals surface area (Å²) in [7, 11) is 0. The maximum absolute atomic E-state index is 11.4. The van der Waals surface area contributed by atoms with E-state index in [1.807, 2.05) is 25.1 Å². The number of anilines is 1. The van der Waals surface area contributed by atoms with E-state index in [9.17, 15) is 9.90 Å². The van der Waals surface area contributed by atoms with Gasteiger partial charge in [0.15, 0.2) is 5.60 Å². The predicted molar refractivity (Wildman–Crippen MR) is 69.9 cm³/mol. The topological polar surface area (TPSA) is 49.8 Å². The van der Waals surface area contributed by atoms with Crippen LogP contribution in [0.4, 0.5) is 5.69 Å². The highest BCUT2D eigenvalue weighted by atomic mass is 16.5. The lowest BCUT2D eigenvalue weighted by Crippen LogP contribution is -2.51. The van der Waals surface area contributed by atoms with Crippen LogP contribution in [0.5, 0.6) is 0 Å². The molecule has 0 aromatic heterocycles. The average Bonchev–Trinajstić information content (AvgIpc) is 2.41. The highest BCUT2D eigenvalue weighted by Gasteiger charge is 2.42. The Morgan fingerprint density at radius 2 is 1.94 bits per heavy atom. The van der Waals surface area contributed by atoms with E-state index in [0.717, 1.165) is 18.8 Å². The molecule has 18 heavy (non-hydrogen) atoms. The van der Waals surface area contributed by atoms with Crippen molar-refractivity contribution in [2.45, 2.75) is 25.4 Å². The molecule has 1 aromatic carbocycles. The normalized spacial score (nSPS) is 18.6. The molecule has 0 bridgehead atoms. The van der Waals surface area contributed by atoms with E-state index in [1.165, 1.54) is 0 Å². The van der Waals surface area contributed by atoms with E-state index in [-0.39, 0.29) is 0 Å². The number of carboxylic acids is 1. The number of carbonyl (C=O) groups is 1. The Balaban J connectivity index is 2.05. The van der Waals surface area contributed by atoms with Crippen LogP contribution >= 0.6 is 0 Å². The molecular formula is C14H19NO3. The summed E-state index contributed by atoms with van der Waals surface area (Å²) in [6.45, 7) is 3.72. The Kier molecular flexibility index (Phi) is 3.87. The zero-order valence-corrected chi connectivity index (χ0v) is 10.6. The lowest BCUT2D eigenvalue weighted by atomic mass is 9.91. The lowest BCUT2D eigenvalue weighted by molar-refractivity contribution is -0.168. The molecule has 1 saturated heterocycles. The maximum atomic E-state index is 11.4. The van der Waals surface area contributed by atoms with Crippen molar-refractivity contribution in [1.82, 2.24) is 0 Å². The summed E-state index contributed by atoms with van der Waals surface area (Å²) in [4.78, 5) is 13.6. The molecule has 1 aromatic rings. The van der Waals surface area contributed by atoms with Crippen LogP contribution in [0, 0.1) is 0 Å². The minimum absolute atomic E-state index is 0.442. The van der Waals surface area contributed by atoms with Gasteiger partial charge in [0, 0.05) is 38.2 Å². The van der Waals surface area contributed by atoms with Crippen LogP contribution < -0.4 is 4.90 Å². The first-order valence-electron chi connectivity index (χ1n) is 6.35. The van der Waals surface area contributed by atoms with Crippen molar-refractivity contribution < 1.29 is 14.6 Å². The second-order valence-electron chi connectivity index (χ2n) is 4.56. The van der Waals surface area contributed by atoms with Crippen molar-refractivity contribution >= 4 is 11.7 Å². The predicted octanol–water partition coefficient (Wildman–Crippen LogP) is 2.15. The molecule has 0 spiro atoms. The SMILES string of the molecule is CCOC1(C(=O)O)CCN(c2ccccc2)CC1. The van der Waals surface area contributed by atoms with Gasteiger partial charge < -0.3 is 14.7 Å². The minimum Gasteiger partial charge on any atom is -0.479 e. The van der Waals surface area contributed by atoms with Crippen molar-refractivity contribution in [1.29, 1.82) is 0 Å². The molecule has 0 saturated carbocycles. The molecule has 1 N–H and O–H groups in total. The molecule has 1 aliphatic rings. The monoisotopic (exact) mass is 249 g/mol. The van der Waals surface area contributed by atoms with E-state index < -0.39 is 11.6 Å². The Morgan fingerprint density at radius 3 is 2.44 bits per heavy atom. The average molecular weight is 249 g/mol. The van der Waals surface area contributed by atoms with Crippen molar-refractivity contribution in [2.24, 2.45) is 0 Å². The summed E-state index contributed by atoms with van der Waals surface area (Å²) in [6, 6.07) is 10.1. The molecule has 4 heteroatoms. The van der Waals surface area contributed by atoms with Crippen molar-refractivity contribution in [3.05, 3.63) is 30.3 Å². The van der Waals surface area contributed by atoms with Crippen LogP contribution in [-0.4, -0.2) is 36.4 Å². The van der Waals surface area contributed by atoms with Gasteiger partial charge in [-0.15, -0.1) is 0 Å². The quantitative estimate of drug-likeness (QED) is 0.888. The van der Waals surface area contributed by atoms with Gasteiger partial charge in [-0.3, -0.25) is 0 Å². The Hall–Kier alpha value is -1.55. The number of nitrogens with zero attached hydrogens (tertiary/aromatic N) is 1. The minimum atomic E-state index is -0.986. The van der Waals surface area contributed by atoms with Gasteiger partial charge in [-0.1, -0.05) is 18.2 Å². The lowest BCUT2D eigenvalue weighted by Gasteiger charge is -2.39. The third kappa shape index (κ3) is 2.48. The van der Waals surface area contributed by atoms with Gasteiger partial charge in [0.25, 0.3) is 0 Å². The third-order valence-electron chi connectivity index (χ3n) is 3.50. The smallest absolute Gasteiger partial charge is 0.336 e. The van der Waals surface area contributed by atoms with Crippen LogP contribution in [0.1, 0.15) is 19.8 Å². The van der Waals surface area contributed by atoms with Gasteiger partial charge in [-0.05, 0) is 19.1 Å². The molecule has 1 fully saturated rings. The molecule has 1 heterocycles. The Bertz CT molecular complexity index is 397.